The molecule has 0 radical (unpaired) electrons. The summed E-state index contributed by atoms with van der Waals surface area (Å²) in [7, 11) is 0. The minimum atomic E-state index is -0.781. The summed E-state index contributed by atoms with van der Waals surface area (Å²) in [5, 5.41) is 7.01. The highest BCUT2D eigenvalue weighted by Crippen LogP contribution is 2.20. The highest BCUT2D eigenvalue weighted by Gasteiger charge is 2.23. The second-order valence-corrected chi connectivity index (χ2v) is 7.27. The van der Waals surface area contributed by atoms with E-state index >= 15 is 0 Å². The van der Waals surface area contributed by atoms with E-state index in [-0.39, 0.29) is 11.8 Å². The van der Waals surface area contributed by atoms with E-state index in [0.717, 1.165) is 16.5 Å². The normalized spacial score (nSPS) is 11.8. The Labute approximate surface area is 178 Å². The van der Waals surface area contributed by atoms with Crippen molar-refractivity contribution in [2.24, 2.45) is 0 Å². The summed E-state index contributed by atoms with van der Waals surface area (Å²) in [6.45, 7) is 0. The molecule has 2 aromatic heterocycles. The minimum absolute atomic E-state index is 0.343. The molecular formula is C23H19ClN4O2. The first kappa shape index (κ1) is 19.7. The van der Waals surface area contributed by atoms with Crippen LogP contribution in [0.4, 0.5) is 5.82 Å². The lowest BCUT2D eigenvalue weighted by Crippen LogP contribution is -2.45. The minimum Gasteiger partial charge on any atom is -0.351 e. The van der Waals surface area contributed by atoms with Gasteiger partial charge in [0, 0.05) is 28.5 Å². The quantitative estimate of drug-likeness (QED) is 0.438. The van der Waals surface area contributed by atoms with Gasteiger partial charge in [-0.3, -0.25) is 9.59 Å². The van der Waals surface area contributed by atoms with Gasteiger partial charge in [-0.25, -0.2) is 4.98 Å². The van der Waals surface area contributed by atoms with Crippen molar-refractivity contribution in [3.63, 3.8) is 0 Å². The zero-order chi connectivity index (χ0) is 20.9. The Balaban J connectivity index is 1.56. The van der Waals surface area contributed by atoms with Gasteiger partial charge in [0.05, 0.1) is 0 Å². The van der Waals surface area contributed by atoms with Crippen LogP contribution in [0.3, 0.4) is 0 Å². The predicted molar refractivity (Wildman–Crippen MR) is 118 cm³/mol. The number of amides is 2. The number of nitrogens with zero attached hydrogens (tertiary/aromatic N) is 1. The van der Waals surface area contributed by atoms with Gasteiger partial charge in [-0.15, -0.1) is 0 Å². The third kappa shape index (κ3) is 4.67. The zero-order valence-electron chi connectivity index (χ0n) is 15.9. The summed E-state index contributed by atoms with van der Waals surface area (Å²) in [5.41, 5.74) is 2.08. The van der Waals surface area contributed by atoms with Gasteiger partial charge in [0.2, 0.25) is 5.91 Å². The maximum Gasteiger partial charge on any atom is 0.268 e. The Morgan fingerprint density at radius 3 is 2.57 bits per heavy atom. The maximum absolute atomic E-state index is 12.9. The molecule has 0 saturated heterocycles. The number of aromatic nitrogens is 2. The lowest BCUT2D eigenvalue weighted by Gasteiger charge is -2.18. The monoisotopic (exact) mass is 418 g/mol. The van der Waals surface area contributed by atoms with Crippen LogP contribution in [0, 0.1) is 0 Å². The van der Waals surface area contributed by atoms with E-state index in [1.165, 1.54) is 0 Å². The van der Waals surface area contributed by atoms with Gasteiger partial charge in [0.1, 0.15) is 17.6 Å². The maximum atomic E-state index is 12.9. The number of fused-ring (bicyclic) bond motifs is 1. The second-order valence-electron chi connectivity index (χ2n) is 6.83. The number of hydrogen-bond donors (Lipinski definition) is 3. The molecule has 0 unspecified atom stereocenters. The van der Waals surface area contributed by atoms with Crippen molar-refractivity contribution in [1.29, 1.82) is 0 Å². The summed E-state index contributed by atoms with van der Waals surface area (Å²) >= 11 is 6.03. The Bertz CT molecular complexity index is 1180. The van der Waals surface area contributed by atoms with E-state index in [4.69, 9.17) is 11.6 Å². The van der Waals surface area contributed by atoms with Gasteiger partial charge in [-0.1, -0.05) is 48.0 Å². The number of hydrogen-bond acceptors (Lipinski definition) is 3. The molecule has 2 amide bonds. The third-order valence-corrected chi connectivity index (χ3v) is 4.88. The van der Waals surface area contributed by atoms with Gasteiger partial charge < -0.3 is 15.6 Å². The van der Waals surface area contributed by atoms with Crippen molar-refractivity contribution in [2.75, 3.05) is 5.32 Å². The van der Waals surface area contributed by atoms with Gasteiger partial charge in [-0.05, 0) is 42.0 Å². The van der Waals surface area contributed by atoms with E-state index in [2.05, 4.69) is 20.6 Å². The Morgan fingerprint density at radius 1 is 1.00 bits per heavy atom. The van der Waals surface area contributed by atoms with Gasteiger partial charge in [-0.2, -0.15) is 0 Å². The van der Waals surface area contributed by atoms with Gasteiger partial charge >= 0.3 is 0 Å². The summed E-state index contributed by atoms with van der Waals surface area (Å²) in [6.07, 6.45) is 1.94. The third-order valence-electron chi connectivity index (χ3n) is 4.65. The number of aromatic amines is 1. The van der Waals surface area contributed by atoms with Crippen LogP contribution in [0.5, 0.6) is 0 Å². The standard InChI is InChI=1S/C23H19ClN4O2/c24-17-9-10-18-16(13-17)14-20(26-18)22(29)27-19(12-15-6-2-1-3-7-15)23(30)28-21-8-4-5-11-25-21/h1-11,13-14,19,26H,12H2,(H,27,29)(H,25,28,30)/t19-/m0/s1. The van der Waals surface area contributed by atoms with Crippen molar-refractivity contribution >= 4 is 40.1 Å². The molecule has 30 heavy (non-hydrogen) atoms. The van der Waals surface area contributed by atoms with Crippen molar-refractivity contribution in [1.82, 2.24) is 15.3 Å². The van der Waals surface area contributed by atoms with Crippen LogP contribution < -0.4 is 10.6 Å². The van der Waals surface area contributed by atoms with E-state index < -0.39 is 6.04 Å². The largest absolute Gasteiger partial charge is 0.351 e. The molecule has 2 aromatic carbocycles. The van der Waals surface area contributed by atoms with Crippen LogP contribution in [0.2, 0.25) is 5.02 Å². The van der Waals surface area contributed by atoms with Crippen LogP contribution in [0.15, 0.2) is 79.0 Å². The summed E-state index contributed by atoms with van der Waals surface area (Å²) in [4.78, 5) is 33.0. The molecule has 0 spiro atoms. The summed E-state index contributed by atoms with van der Waals surface area (Å²) in [6, 6.07) is 21.0. The van der Waals surface area contributed by atoms with E-state index in [1.807, 2.05) is 36.4 Å². The topological polar surface area (TPSA) is 86.9 Å². The number of benzene rings is 2. The molecule has 2 heterocycles. The molecule has 0 saturated carbocycles. The van der Waals surface area contributed by atoms with Crippen molar-refractivity contribution < 1.29 is 9.59 Å². The van der Waals surface area contributed by atoms with Crippen LogP contribution in [-0.4, -0.2) is 27.8 Å². The number of nitrogens with one attached hydrogen (secondary N) is 3. The number of carbonyl (C=O) groups is 2. The number of pyridine rings is 1. The Kier molecular flexibility index (Phi) is 5.77. The van der Waals surface area contributed by atoms with Crippen molar-refractivity contribution in [2.45, 2.75) is 12.5 Å². The molecule has 0 aliphatic carbocycles. The molecule has 4 rings (SSSR count). The number of rotatable bonds is 6. The highest BCUT2D eigenvalue weighted by atomic mass is 35.5. The lowest BCUT2D eigenvalue weighted by molar-refractivity contribution is -0.118. The van der Waals surface area contributed by atoms with E-state index in [9.17, 15) is 9.59 Å². The number of halogens is 1. The highest BCUT2D eigenvalue weighted by molar-refractivity contribution is 6.31. The van der Waals surface area contributed by atoms with E-state index in [1.54, 1.807) is 42.6 Å². The molecule has 6 nitrogen and oxygen atoms in total. The Hall–Kier alpha value is -3.64. The lowest BCUT2D eigenvalue weighted by atomic mass is 10.0. The molecule has 0 fully saturated rings. The predicted octanol–water partition coefficient (Wildman–Crippen LogP) is 4.20. The van der Waals surface area contributed by atoms with Crippen LogP contribution >= 0.6 is 11.6 Å². The van der Waals surface area contributed by atoms with Crippen molar-refractivity contribution in [3.05, 3.63) is 95.3 Å². The molecule has 150 valence electrons. The number of anilines is 1. The smallest absolute Gasteiger partial charge is 0.268 e. The first-order valence-corrected chi connectivity index (χ1v) is 9.81. The molecule has 0 aliphatic heterocycles. The molecule has 4 aromatic rings. The fourth-order valence-electron chi connectivity index (χ4n) is 3.17. The van der Waals surface area contributed by atoms with Gasteiger partial charge in [0.15, 0.2) is 0 Å². The summed E-state index contributed by atoms with van der Waals surface area (Å²) in [5.74, 6) is -0.292. The number of carbonyl (C=O) groups excluding carboxylic acids is 2. The Morgan fingerprint density at radius 2 is 1.80 bits per heavy atom. The van der Waals surface area contributed by atoms with Gasteiger partial charge in [0.25, 0.3) is 5.91 Å². The number of H-pyrrole nitrogens is 1. The molecule has 0 bridgehead atoms. The van der Waals surface area contributed by atoms with Crippen LogP contribution in [0.1, 0.15) is 16.1 Å². The molecule has 1 atom stereocenters. The zero-order valence-corrected chi connectivity index (χ0v) is 16.7. The molecule has 0 aliphatic rings. The average Bonchev–Trinajstić information content (AvgIpc) is 3.18. The first-order chi connectivity index (χ1) is 14.6. The SMILES string of the molecule is O=C(N[C@@H](Cc1ccccc1)C(=O)Nc1ccccn1)c1cc2cc(Cl)ccc2[nH]1. The first-order valence-electron chi connectivity index (χ1n) is 9.43. The van der Waals surface area contributed by atoms with Crippen LogP contribution in [-0.2, 0) is 11.2 Å². The molecule has 7 heteroatoms. The molecule has 3 N–H and O–H groups in total. The fraction of sp³-hybridized carbons (Fsp3) is 0.0870. The van der Waals surface area contributed by atoms with Crippen LogP contribution in [0.25, 0.3) is 10.9 Å². The fourth-order valence-corrected chi connectivity index (χ4v) is 3.35. The molecular weight excluding hydrogens is 400 g/mol. The van der Waals surface area contributed by atoms with E-state index in [0.29, 0.717) is 23.0 Å². The van der Waals surface area contributed by atoms with Crippen molar-refractivity contribution in [3.8, 4) is 0 Å². The second kappa shape index (κ2) is 8.80. The summed E-state index contributed by atoms with van der Waals surface area (Å²) < 4.78 is 0. The average molecular weight is 419 g/mol.